The summed E-state index contributed by atoms with van der Waals surface area (Å²) < 4.78 is 41.7. The maximum Gasteiger partial charge on any atom is 0.349 e. The number of carbonyl (C=O) groups is 2. The van der Waals surface area contributed by atoms with Crippen molar-refractivity contribution in [3.63, 3.8) is 0 Å². The molecule has 1 aliphatic rings. The van der Waals surface area contributed by atoms with Crippen molar-refractivity contribution in [3.05, 3.63) is 47.7 Å². The van der Waals surface area contributed by atoms with E-state index in [9.17, 15) is 22.6 Å². The summed E-state index contributed by atoms with van der Waals surface area (Å²) in [6, 6.07) is 6.70. The van der Waals surface area contributed by atoms with E-state index >= 15 is 0 Å². The molecular formula is C15H7NO7S. The molecule has 0 unspecified atom stereocenters. The number of benzene rings is 1. The molecule has 0 saturated carbocycles. The minimum Gasteiger partial charge on any atom is -0.463 e. The summed E-state index contributed by atoms with van der Waals surface area (Å²) in [5.74, 6) is -1.55. The van der Waals surface area contributed by atoms with Crippen molar-refractivity contribution in [1.82, 2.24) is 4.98 Å². The van der Waals surface area contributed by atoms with E-state index in [4.69, 9.17) is 4.42 Å². The fraction of sp³-hybridized carbons (Fsp3) is 0. The van der Waals surface area contributed by atoms with Gasteiger partial charge < -0.3 is 9.15 Å². The second-order valence-electron chi connectivity index (χ2n) is 5.02. The van der Waals surface area contributed by atoms with E-state index in [1.54, 1.807) is 12.1 Å². The quantitative estimate of drug-likeness (QED) is 0.425. The Morgan fingerprint density at radius 3 is 2.46 bits per heavy atom. The van der Waals surface area contributed by atoms with Gasteiger partial charge in [-0.3, -0.25) is 4.55 Å². The standard InChI is InChI=1S/C15H7NO7S/c17-14-11-8-6-7(24(19,20)21)3-4-9(8)16-13(10-2-1-5-22-10)12(11)15(18)23-14/h1-6H,(H,19,20,21). The SMILES string of the molecule is O=C1OC(=O)c2c1c(-c1ccco1)nc1ccc(S(=O)(=O)O)cc21. The number of ether oxygens (including phenoxy) is 1. The van der Waals surface area contributed by atoms with Gasteiger partial charge in [0.1, 0.15) is 11.3 Å². The van der Waals surface area contributed by atoms with Crippen LogP contribution in [-0.2, 0) is 14.9 Å². The zero-order valence-electron chi connectivity index (χ0n) is 11.7. The highest BCUT2D eigenvalue weighted by Gasteiger charge is 2.37. The van der Waals surface area contributed by atoms with E-state index in [1.807, 2.05) is 0 Å². The highest BCUT2D eigenvalue weighted by atomic mass is 32.2. The van der Waals surface area contributed by atoms with Crippen LogP contribution in [0, 0.1) is 0 Å². The van der Waals surface area contributed by atoms with Gasteiger partial charge in [0.05, 0.1) is 22.2 Å². The number of carbonyl (C=O) groups excluding carboxylic acids is 2. The van der Waals surface area contributed by atoms with E-state index in [0.29, 0.717) is 0 Å². The molecule has 0 saturated heterocycles. The van der Waals surface area contributed by atoms with E-state index in [1.165, 1.54) is 12.3 Å². The van der Waals surface area contributed by atoms with Gasteiger partial charge in [0.2, 0.25) is 0 Å². The Morgan fingerprint density at radius 1 is 1.04 bits per heavy atom. The summed E-state index contributed by atoms with van der Waals surface area (Å²) in [5.41, 5.74) is 0.161. The van der Waals surface area contributed by atoms with Crippen LogP contribution < -0.4 is 0 Å². The highest BCUT2D eigenvalue weighted by Crippen LogP contribution is 2.35. The van der Waals surface area contributed by atoms with Crippen molar-refractivity contribution in [2.24, 2.45) is 0 Å². The Kier molecular flexibility index (Phi) is 2.87. The molecular weight excluding hydrogens is 338 g/mol. The summed E-state index contributed by atoms with van der Waals surface area (Å²) in [6.07, 6.45) is 1.39. The molecule has 0 amide bonds. The smallest absolute Gasteiger partial charge is 0.349 e. The molecule has 4 rings (SSSR count). The first-order valence-electron chi connectivity index (χ1n) is 6.62. The van der Waals surface area contributed by atoms with Gasteiger partial charge in [-0.05, 0) is 30.3 Å². The molecule has 0 fully saturated rings. The van der Waals surface area contributed by atoms with Crippen molar-refractivity contribution >= 4 is 33.0 Å². The van der Waals surface area contributed by atoms with Gasteiger partial charge >= 0.3 is 11.9 Å². The van der Waals surface area contributed by atoms with Crippen molar-refractivity contribution in [2.45, 2.75) is 4.90 Å². The van der Waals surface area contributed by atoms with Crippen LogP contribution in [0.2, 0.25) is 0 Å². The van der Waals surface area contributed by atoms with E-state index in [-0.39, 0.29) is 33.5 Å². The average molecular weight is 345 g/mol. The van der Waals surface area contributed by atoms with Gasteiger partial charge in [-0.1, -0.05) is 0 Å². The van der Waals surface area contributed by atoms with Crippen LogP contribution in [0.4, 0.5) is 0 Å². The van der Waals surface area contributed by atoms with Crippen LogP contribution in [-0.4, -0.2) is 29.9 Å². The second kappa shape index (κ2) is 4.73. The molecule has 0 spiro atoms. The van der Waals surface area contributed by atoms with E-state index in [0.717, 1.165) is 12.1 Å². The lowest BCUT2D eigenvalue weighted by molar-refractivity contribution is 0.0444. The third kappa shape index (κ3) is 2.02. The number of hydrogen-bond acceptors (Lipinski definition) is 7. The minimum absolute atomic E-state index is 0.0891. The van der Waals surface area contributed by atoms with E-state index in [2.05, 4.69) is 9.72 Å². The number of rotatable bonds is 2. The van der Waals surface area contributed by atoms with Gasteiger partial charge in [-0.15, -0.1) is 0 Å². The summed E-state index contributed by atoms with van der Waals surface area (Å²) in [4.78, 5) is 27.9. The second-order valence-corrected chi connectivity index (χ2v) is 6.44. The number of aromatic nitrogens is 1. The molecule has 0 radical (unpaired) electrons. The summed E-state index contributed by atoms with van der Waals surface area (Å²) >= 11 is 0. The zero-order valence-corrected chi connectivity index (χ0v) is 12.5. The number of fused-ring (bicyclic) bond motifs is 3. The molecule has 0 atom stereocenters. The lowest BCUT2D eigenvalue weighted by atomic mass is 10.0. The van der Waals surface area contributed by atoms with Crippen LogP contribution >= 0.6 is 0 Å². The topological polar surface area (TPSA) is 124 Å². The van der Waals surface area contributed by atoms with Crippen LogP contribution in [0.1, 0.15) is 20.7 Å². The Balaban J connectivity index is 2.15. The van der Waals surface area contributed by atoms with Gasteiger partial charge in [0, 0.05) is 5.39 Å². The maximum atomic E-state index is 12.1. The number of pyridine rings is 1. The molecule has 24 heavy (non-hydrogen) atoms. The molecule has 3 heterocycles. The molecule has 0 bridgehead atoms. The third-order valence-electron chi connectivity index (χ3n) is 3.60. The molecule has 120 valence electrons. The molecule has 3 aromatic rings. The van der Waals surface area contributed by atoms with Crippen LogP contribution in [0.3, 0.4) is 0 Å². The summed E-state index contributed by atoms with van der Waals surface area (Å²) in [7, 11) is -4.48. The average Bonchev–Trinajstić information content (AvgIpc) is 3.14. The minimum atomic E-state index is -4.48. The molecule has 8 nitrogen and oxygen atoms in total. The maximum absolute atomic E-state index is 12.1. The van der Waals surface area contributed by atoms with Crippen molar-refractivity contribution in [1.29, 1.82) is 0 Å². The van der Waals surface area contributed by atoms with Gasteiger partial charge in [-0.2, -0.15) is 8.42 Å². The highest BCUT2D eigenvalue weighted by molar-refractivity contribution is 7.85. The Labute approximate surface area is 134 Å². The number of cyclic esters (lactones) is 2. The Hall–Kier alpha value is -3.04. The molecule has 9 heteroatoms. The number of nitrogens with zero attached hydrogens (tertiary/aromatic N) is 1. The Bertz CT molecular complexity index is 1130. The molecule has 1 aromatic carbocycles. The first-order chi connectivity index (χ1) is 11.4. The predicted molar refractivity (Wildman–Crippen MR) is 79.0 cm³/mol. The third-order valence-corrected chi connectivity index (χ3v) is 4.45. The van der Waals surface area contributed by atoms with Crippen LogP contribution in [0.15, 0.2) is 45.9 Å². The zero-order chi connectivity index (χ0) is 17.1. The van der Waals surface area contributed by atoms with Gasteiger partial charge in [-0.25, -0.2) is 14.6 Å². The number of furan rings is 1. The fourth-order valence-corrected chi connectivity index (χ4v) is 3.10. The van der Waals surface area contributed by atoms with Crippen molar-refractivity contribution < 1.29 is 31.7 Å². The monoisotopic (exact) mass is 345 g/mol. The van der Waals surface area contributed by atoms with Crippen molar-refractivity contribution in [2.75, 3.05) is 0 Å². The lowest BCUT2D eigenvalue weighted by Gasteiger charge is -2.07. The number of esters is 2. The summed E-state index contributed by atoms with van der Waals surface area (Å²) in [5, 5.41) is 0.0891. The van der Waals surface area contributed by atoms with Crippen molar-refractivity contribution in [3.8, 4) is 11.5 Å². The largest absolute Gasteiger partial charge is 0.463 e. The normalized spacial score (nSPS) is 14.0. The van der Waals surface area contributed by atoms with E-state index < -0.39 is 27.0 Å². The molecule has 1 aliphatic heterocycles. The molecule has 2 aromatic heterocycles. The predicted octanol–water partition coefficient (Wildman–Crippen LogP) is 2.05. The van der Waals surface area contributed by atoms with Crippen LogP contribution in [0.25, 0.3) is 22.4 Å². The van der Waals surface area contributed by atoms with Crippen LogP contribution in [0.5, 0.6) is 0 Å². The van der Waals surface area contributed by atoms with Gasteiger partial charge in [0.25, 0.3) is 10.1 Å². The summed E-state index contributed by atoms with van der Waals surface area (Å²) in [6.45, 7) is 0. The fourth-order valence-electron chi connectivity index (χ4n) is 2.59. The first kappa shape index (κ1) is 14.5. The lowest BCUT2D eigenvalue weighted by Crippen LogP contribution is -2.03. The molecule has 1 N–H and O–H groups in total. The van der Waals surface area contributed by atoms with Gasteiger partial charge in [0.15, 0.2) is 5.76 Å². The Morgan fingerprint density at radius 2 is 1.79 bits per heavy atom. The number of hydrogen-bond donors (Lipinski definition) is 1. The first-order valence-corrected chi connectivity index (χ1v) is 8.06. The molecule has 0 aliphatic carbocycles.